The third-order valence-electron chi connectivity index (χ3n) is 2.37. The fourth-order valence-corrected chi connectivity index (χ4v) is 1.92. The number of aromatic nitrogens is 2. The van der Waals surface area contributed by atoms with Gasteiger partial charge in [0.1, 0.15) is 5.69 Å². The molecule has 2 N–H and O–H groups in total. The van der Waals surface area contributed by atoms with Crippen LogP contribution < -0.4 is 5.32 Å². The van der Waals surface area contributed by atoms with Gasteiger partial charge in [0, 0.05) is 11.3 Å². The molecular formula is C12H10IN3O2. The maximum absolute atomic E-state index is 11.9. The molecule has 0 saturated carbocycles. The first-order chi connectivity index (χ1) is 8.58. The van der Waals surface area contributed by atoms with Crippen molar-refractivity contribution in [1.82, 2.24) is 10.2 Å². The number of aromatic amines is 1. The van der Waals surface area contributed by atoms with Crippen LogP contribution in [0.25, 0.3) is 0 Å². The van der Waals surface area contributed by atoms with Gasteiger partial charge in [0.25, 0.3) is 5.91 Å². The van der Waals surface area contributed by atoms with Gasteiger partial charge in [-0.05, 0) is 53.8 Å². The van der Waals surface area contributed by atoms with Crippen LogP contribution in [0.4, 0.5) is 5.69 Å². The van der Waals surface area contributed by atoms with Crippen LogP contribution in [0.15, 0.2) is 30.5 Å². The number of hydrogen-bond donors (Lipinski definition) is 2. The molecule has 0 bridgehead atoms. The number of carbonyl (C=O) groups is 2. The molecule has 1 aromatic carbocycles. The number of hydrogen-bond acceptors (Lipinski definition) is 3. The Kier molecular flexibility index (Phi) is 3.75. The van der Waals surface area contributed by atoms with E-state index in [-0.39, 0.29) is 11.7 Å². The third-order valence-corrected chi connectivity index (χ3v) is 3.19. The Hall–Kier alpha value is -1.70. The number of H-pyrrole nitrogens is 1. The van der Waals surface area contributed by atoms with E-state index in [0.717, 1.165) is 3.57 Å². The number of carbonyl (C=O) groups excluding carboxylic acids is 2. The van der Waals surface area contributed by atoms with Crippen LogP contribution in [0.2, 0.25) is 0 Å². The Morgan fingerprint density at radius 2 is 1.94 bits per heavy atom. The summed E-state index contributed by atoms with van der Waals surface area (Å²) in [6, 6.07) is 6.74. The third kappa shape index (κ3) is 2.76. The lowest BCUT2D eigenvalue weighted by atomic mass is 10.1. The van der Waals surface area contributed by atoms with Gasteiger partial charge < -0.3 is 5.32 Å². The first-order valence-electron chi connectivity index (χ1n) is 5.19. The largest absolute Gasteiger partial charge is 0.321 e. The van der Waals surface area contributed by atoms with Gasteiger partial charge in [-0.25, -0.2) is 0 Å². The number of benzene rings is 1. The van der Waals surface area contributed by atoms with Crippen molar-refractivity contribution in [2.45, 2.75) is 6.92 Å². The van der Waals surface area contributed by atoms with Crippen molar-refractivity contribution in [1.29, 1.82) is 0 Å². The van der Waals surface area contributed by atoms with Crippen molar-refractivity contribution < 1.29 is 9.59 Å². The summed E-state index contributed by atoms with van der Waals surface area (Å²) in [5.74, 6) is -0.261. The Labute approximate surface area is 117 Å². The summed E-state index contributed by atoms with van der Waals surface area (Å²) in [5, 5.41) is 9.14. The van der Waals surface area contributed by atoms with E-state index in [1.54, 1.807) is 30.5 Å². The number of rotatable bonds is 3. The highest BCUT2D eigenvalue weighted by Gasteiger charge is 2.12. The van der Waals surface area contributed by atoms with Crippen molar-refractivity contribution in [3.63, 3.8) is 0 Å². The van der Waals surface area contributed by atoms with Crippen molar-refractivity contribution in [3.05, 3.63) is 45.3 Å². The number of nitrogens with one attached hydrogen (secondary N) is 2. The van der Waals surface area contributed by atoms with E-state index in [2.05, 4.69) is 15.5 Å². The summed E-state index contributed by atoms with van der Waals surface area (Å²) in [6.07, 6.45) is 1.58. The van der Waals surface area contributed by atoms with E-state index >= 15 is 0 Å². The summed E-state index contributed by atoms with van der Waals surface area (Å²) in [5.41, 5.74) is 1.67. The summed E-state index contributed by atoms with van der Waals surface area (Å²) in [4.78, 5) is 23.0. The summed E-state index contributed by atoms with van der Waals surface area (Å²) >= 11 is 2.03. The molecule has 0 fully saturated rings. The van der Waals surface area contributed by atoms with Crippen molar-refractivity contribution in [2.75, 3.05) is 5.32 Å². The first-order valence-corrected chi connectivity index (χ1v) is 6.27. The minimum absolute atomic E-state index is 0.00371. The van der Waals surface area contributed by atoms with E-state index in [0.29, 0.717) is 16.9 Å². The lowest BCUT2D eigenvalue weighted by Gasteiger charge is -2.04. The van der Waals surface area contributed by atoms with Gasteiger partial charge in [-0.15, -0.1) is 0 Å². The molecule has 6 heteroatoms. The number of nitrogens with zero attached hydrogens (tertiary/aromatic N) is 1. The predicted molar refractivity (Wildman–Crippen MR) is 75.7 cm³/mol. The molecule has 5 nitrogen and oxygen atoms in total. The minimum atomic E-state index is -0.257. The van der Waals surface area contributed by atoms with E-state index < -0.39 is 0 Å². The molecule has 0 saturated heterocycles. The molecule has 0 aliphatic carbocycles. The highest BCUT2D eigenvalue weighted by Crippen LogP contribution is 2.13. The fourth-order valence-electron chi connectivity index (χ4n) is 1.41. The maximum Gasteiger partial charge on any atom is 0.274 e. The molecule has 0 aliphatic heterocycles. The number of ketones is 1. The highest BCUT2D eigenvalue weighted by molar-refractivity contribution is 14.1. The molecule has 2 aromatic rings. The molecule has 1 amide bonds. The van der Waals surface area contributed by atoms with Crippen LogP contribution in [-0.2, 0) is 0 Å². The summed E-state index contributed by atoms with van der Waals surface area (Å²) < 4.78 is 0.755. The van der Waals surface area contributed by atoms with Crippen molar-refractivity contribution >= 4 is 40.0 Å². The van der Waals surface area contributed by atoms with Crippen LogP contribution in [-0.4, -0.2) is 21.9 Å². The smallest absolute Gasteiger partial charge is 0.274 e. The molecule has 0 aliphatic rings. The second-order valence-electron chi connectivity index (χ2n) is 3.68. The van der Waals surface area contributed by atoms with Crippen LogP contribution in [0, 0.1) is 3.57 Å². The van der Waals surface area contributed by atoms with Crippen molar-refractivity contribution in [3.8, 4) is 0 Å². The quantitative estimate of drug-likeness (QED) is 0.656. The highest BCUT2D eigenvalue weighted by atomic mass is 127. The van der Waals surface area contributed by atoms with Crippen LogP contribution in [0.1, 0.15) is 27.8 Å². The molecular weight excluding hydrogens is 345 g/mol. The normalized spacial score (nSPS) is 10.1. The average Bonchev–Trinajstić information content (AvgIpc) is 2.76. The van der Waals surface area contributed by atoms with Crippen molar-refractivity contribution in [2.24, 2.45) is 0 Å². The topological polar surface area (TPSA) is 74.8 Å². The molecule has 0 atom stereocenters. The summed E-state index contributed by atoms with van der Waals surface area (Å²) in [7, 11) is 0. The fraction of sp³-hybridized carbons (Fsp3) is 0.0833. The molecule has 1 heterocycles. The summed E-state index contributed by atoms with van der Waals surface area (Å²) in [6.45, 7) is 1.50. The van der Waals surface area contributed by atoms with Gasteiger partial charge in [0.2, 0.25) is 0 Å². The first kappa shape index (κ1) is 12.7. The molecule has 2 rings (SSSR count). The number of amides is 1. The minimum Gasteiger partial charge on any atom is -0.321 e. The van der Waals surface area contributed by atoms with Gasteiger partial charge in [0.15, 0.2) is 5.78 Å². The van der Waals surface area contributed by atoms with Gasteiger partial charge >= 0.3 is 0 Å². The number of Topliss-reactive ketones (excluding diaryl/α,β-unsaturated/α-hetero) is 1. The predicted octanol–water partition coefficient (Wildman–Crippen LogP) is 2.47. The molecule has 0 spiro atoms. The number of anilines is 1. The van der Waals surface area contributed by atoms with E-state index in [1.807, 2.05) is 22.6 Å². The van der Waals surface area contributed by atoms with Gasteiger partial charge in [-0.1, -0.05) is 0 Å². The van der Waals surface area contributed by atoms with Gasteiger partial charge in [-0.3, -0.25) is 14.7 Å². The number of halogens is 1. The zero-order chi connectivity index (χ0) is 13.1. The molecule has 0 radical (unpaired) electrons. The van der Waals surface area contributed by atoms with Crippen LogP contribution in [0.5, 0.6) is 0 Å². The molecule has 18 heavy (non-hydrogen) atoms. The molecule has 92 valence electrons. The zero-order valence-electron chi connectivity index (χ0n) is 9.53. The maximum atomic E-state index is 11.9. The van der Waals surface area contributed by atoms with E-state index in [4.69, 9.17) is 0 Å². The van der Waals surface area contributed by atoms with E-state index in [1.165, 1.54) is 6.92 Å². The van der Waals surface area contributed by atoms with E-state index in [9.17, 15) is 9.59 Å². The molecule has 1 aromatic heterocycles. The monoisotopic (exact) mass is 355 g/mol. The lowest BCUT2D eigenvalue weighted by molar-refractivity contribution is 0.101. The SMILES string of the molecule is CC(=O)c1ccc(NC(=O)c2[nH]ncc2I)cc1. The average molecular weight is 355 g/mol. The van der Waals surface area contributed by atoms with Crippen LogP contribution in [0.3, 0.4) is 0 Å². The zero-order valence-corrected chi connectivity index (χ0v) is 11.7. The standard InChI is InChI=1S/C12H10IN3O2/c1-7(17)8-2-4-9(5-3-8)15-12(18)11-10(13)6-14-16-11/h2-6H,1H3,(H,14,16)(H,15,18). The Bertz CT molecular complexity index is 590. The van der Waals surface area contributed by atoms with Crippen LogP contribution >= 0.6 is 22.6 Å². The Morgan fingerprint density at radius 1 is 1.28 bits per heavy atom. The Morgan fingerprint density at radius 3 is 2.44 bits per heavy atom. The Balaban J connectivity index is 2.13. The van der Waals surface area contributed by atoms with Gasteiger partial charge in [0.05, 0.1) is 9.77 Å². The molecule has 0 unspecified atom stereocenters. The second-order valence-corrected chi connectivity index (χ2v) is 4.84. The lowest BCUT2D eigenvalue weighted by Crippen LogP contribution is -2.13. The van der Waals surface area contributed by atoms with Gasteiger partial charge in [-0.2, -0.15) is 5.10 Å². The second kappa shape index (κ2) is 5.30.